The van der Waals surface area contributed by atoms with Crippen LogP contribution in [0.5, 0.6) is 0 Å². The minimum atomic E-state index is -0.820. The highest BCUT2D eigenvalue weighted by Crippen LogP contribution is 2.27. The van der Waals surface area contributed by atoms with Crippen LogP contribution in [-0.4, -0.2) is 29.3 Å². The first-order valence-corrected chi connectivity index (χ1v) is 6.49. The molecule has 0 N–H and O–H groups in total. The molecule has 0 heterocycles. The Balaban J connectivity index is 2.27. The maximum atomic E-state index is 13.6. The van der Waals surface area contributed by atoms with Crippen LogP contribution in [0.3, 0.4) is 0 Å². The smallest absolute Gasteiger partial charge is 0.260 e. The van der Waals surface area contributed by atoms with Crippen molar-refractivity contribution < 1.29 is 13.6 Å². The third-order valence-corrected chi connectivity index (χ3v) is 3.45. The van der Waals surface area contributed by atoms with Gasteiger partial charge in [0.05, 0.1) is 0 Å². The Morgan fingerprint density at radius 1 is 1.33 bits per heavy atom. The largest absolute Gasteiger partial charge is 0.334 e. The van der Waals surface area contributed by atoms with Crippen LogP contribution < -0.4 is 0 Å². The van der Waals surface area contributed by atoms with Crippen LogP contribution in [-0.2, 0) is 0 Å². The normalized spacial score (nSPS) is 15.3. The Morgan fingerprint density at radius 3 is 2.39 bits per heavy atom. The van der Waals surface area contributed by atoms with Gasteiger partial charge in [-0.2, -0.15) is 0 Å². The molecule has 2 nitrogen and oxygen atoms in total. The van der Waals surface area contributed by atoms with E-state index in [1.54, 1.807) is 0 Å². The number of rotatable bonds is 4. The molecule has 1 aromatic rings. The molecule has 0 aliphatic heterocycles. The molecule has 1 fully saturated rings. The highest BCUT2D eigenvalue weighted by atomic mass is 35.5. The SMILES string of the molecule is O=C(c1c(F)cccc1F)N(CCCl)C1CCC1. The minimum Gasteiger partial charge on any atom is -0.334 e. The lowest BCUT2D eigenvalue weighted by molar-refractivity contribution is 0.0588. The van der Waals surface area contributed by atoms with Gasteiger partial charge in [0, 0.05) is 18.5 Å². The first kappa shape index (κ1) is 13.3. The number of carbonyl (C=O) groups is 1. The van der Waals surface area contributed by atoms with Gasteiger partial charge in [0.2, 0.25) is 0 Å². The average molecular weight is 274 g/mol. The summed E-state index contributed by atoms with van der Waals surface area (Å²) in [5.41, 5.74) is -0.477. The zero-order chi connectivity index (χ0) is 13.1. The summed E-state index contributed by atoms with van der Waals surface area (Å²) in [6, 6.07) is 3.50. The van der Waals surface area contributed by atoms with E-state index in [1.165, 1.54) is 11.0 Å². The van der Waals surface area contributed by atoms with Gasteiger partial charge in [0.1, 0.15) is 17.2 Å². The fourth-order valence-electron chi connectivity index (χ4n) is 2.09. The first-order chi connectivity index (χ1) is 8.65. The zero-order valence-corrected chi connectivity index (χ0v) is 10.6. The molecule has 1 aromatic carbocycles. The summed E-state index contributed by atoms with van der Waals surface area (Å²) >= 11 is 5.65. The van der Waals surface area contributed by atoms with E-state index in [2.05, 4.69) is 0 Å². The van der Waals surface area contributed by atoms with Gasteiger partial charge in [-0.05, 0) is 31.4 Å². The topological polar surface area (TPSA) is 20.3 Å². The van der Waals surface area contributed by atoms with Crippen LogP contribution in [0.4, 0.5) is 8.78 Å². The molecule has 98 valence electrons. The monoisotopic (exact) mass is 273 g/mol. The van der Waals surface area contributed by atoms with Crippen LogP contribution in [0.2, 0.25) is 0 Å². The van der Waals surface area contributed by atoms with Gasteiger partial charge < -0.3 is 4.90 Å². The standard InChI is InChI=1S/C13H14ClF2NO/c14-7-8-17(9-3-1-4-9)13(18)12-10(15)5-2-6-11(12)16/h2,5-6,9H,1,3-4,7-8H2. The quantitative estimate of drug-likeness (QED) is 0.772. The molecule has 1 amide bonds. The van der Waals surface area contributed by atoms with Crippen LogP contribution >= 0.6 is 11.6 Å². The van der Waals surface area contributed by atoms with Crippen molar-refractivity contribution in [2.75, 3.05) is 12.4 Å². The number of benzene rings is 1. The van der Waals surface area contributed by atoms with Crippen molar-refractivity contribution in [1.82, 2.24) is 4.90 Å². The molecule has 18 heavy (non-hydrogen) atoms. The molecule has 1 aliphatic carbocycles. The molecule has 0 radical (unpaired) electrons. The van der Waals surface area contributed by atoms with E-state index >= 15 is 0 Å². The Hall–Kier alpha value is -1.16. The molecule has 0 saturated heterocycles. The van der Waals surface area contributed by atoms with Crippen molar-refractivity contribution in [1.29, 1.82) is 0 Å². The number of halogens is 3. The maximum absolute atomic E-state index is 13.6. The lowest BCUT2D eigenvalue weighted by atomic mass is 9.91. The van der Waals surface area contributed by atoms with E-state index < -0.39 is 23.1 Å². The number of hydrogen-bond donors (Lipinski definition) is 0. The number of amides is 1. The van der Waals surface area contributed by atoms with E-state index in [1.807, 2.05) is 0 Å². The zero-order valence-electron chi connectivity index (χ0n) is 9.83. The second-order valence-corrected chi connectivity index (χ2v) is 4.75. The number of hydrogen-bond acceptors (Lipinski definition) is 1. The molecule has 2 rings (SSSR count). The summed E-state index contributed by atoms with van der Waals surface area (Å²) in [5.74, 6) is -1.98. The van der Waals surface area contributed by atoms with Crippen LogP contribution in [0, 0.1) is 11.6 Å². The van der Waals surface area contributed by atoms with Crippen molar-refractivity contribution in [3.05, 3.63) is 35.4 Å². The fourth-order valence-corrected chi connectivity index (χ4v) is 2.27. The van der Waals surface area contributed by atoms with Crippen molar-refractivity contribution in [2.45, 2.75) is 25.3 Å². The van der Waals surface area contributed by atoms with Crippen molar-refractivity contribution in [3.63, 3.8) is 0 Å². The average Bonchev–Trinajstić information content (AvgIpc) is 2.25. The first-order valence-electron chi connectivity index (χ1n) is 5.96. The lowest BCUT2D eigenvalue weighted by Gasteiger charge is -2.37. The third kappa shape index (κ3) is 2.48. The van der Waals surface area contributed by atoms with Gasteiger partial charge in [-0.3, -0.25) is 4.79 Å². The van der Waals surface area contributed by atoms with Gasteiger partial charge >= 0.3 is 0 Å². The second kappa shape index (κ2) is 5.65. The van der Waals surface area contributed by atoms with Gasteiger partial charge in [-0.15, -0.1) is 11.6 Å². The van der Waals surface area contributed by atoms with Gasteiger partial charge in [0.15, 0.2) is 0 Å². The van der Waals surface area contributed by atoms with Gasteiger partial charge in [-0.1, -0.05) is 6.07 Å². The summed E-state index contributed by atoms with van der Waals surface area (Å²) in [6.45, 7) is 0.318. The molecule has 1 saturated carbocycles. The van der Waals surface area contributed by atoms with Gasteiger partial charge in [0.25, 0.3) is 5.91 Å². The summed E-state index contributed by atoms with van der Waals surface area (Å²) in [7, 11) is 0. The van der Waals surface area contributed by atoms with Crippen LogP contribution in [0.25, 0.3) is 0 Å². The van der Waals surface area contributed by atoms with E-state index in [9.17, 15) is 13.6 Å². The molecule has 0 bridgehead atoms. The Morgan fingerprint density at radius 2 is 1.94 bits per heavy atom. The maximum Gasteiger partial charge on any atom is 0.260 e. The van der Waals surface area contributed by atoms with Crippen molar-refractivity contribution >= 4 is 17.5 Å². The number of nitrogens with zero attached hydrogens (tertiary/aromatic N) is 1. The van der Waals surface area contributed by atoms with Crippen molar-refractivity contribution in [3.8, 4) is 0 Å². The Kier molecular flexibility index (Phi) is 4.17. The van der Waals surface area contributed by atoms with E-state index in [-0.39, 0.29) is 11.9 Å². The highest BCUT2D eigenvalue weighted by Gasteiger charge is 2.31. The molecular weight excluding hydrogens is 260 g/mol. The molecule has 5 heteroatoms. The predicted octanol–water partition coefficient (Wildman–Crippen LogP) is 3.20. The summed E-state index contributed by atoms with van der Waals surface area (Å²) in [6.07, 6.45) is 2.79. The predicted molar refractivity (Wildman–Crippen MR) is 65.8 cm³/mol. The van der Waals surface area contributed by atoms with E-state index in [0.29, 0.717) is 6.54 Å². The summed E-state index contributed by atoms with van der Waals surface area (Å²) in [5, 5.41) is 0. The molecule has 0 spiro atoms. The lowest BCUT2D eigenvalue weighted by Crippen LogP contribution is -2.45. The summed E-state index contributed by atoms with van der Waals surface area (Å²) in [4.78, 5) is 13.7. The Labute approximate surface area is 110 Å². The third-order valence-electron chi connectivity index (χ3n) is 3.28. The van der Waals surface area contributed by atoms with Gasteiger partial charge in [-0.25, -0.2) is 8.78 Å². The molecule has 0 aromatic heterocycles. The molecular formula is C13H14ClF2NO. The summed E-state index contributed by atoms with van der Waals surface area (Å²) < 4.78 is 27.1. The minimum absolute atomic E-state index is 0.0651. The highest BCUT2D eigenvalue weighted by molar-refractivity contribution is 6.18. The molecule has 1 aliphatic rings. The van der Waals surface area contributed by atoms with Crippen molar-refractivity contribution in [2.24, 2.45) is 0 Å². The molecule has 0 unspecified atom stereocenters. The fraction of sp³-hybridized carbons (Fsp3) is 0.462. The Bertz CT molecular complexity index is 428. The van der Waals surface area contributed by atoms with Crippen LogP contribution in [0.1, 0.15) is 29.6 Å². The van der Waals surface area contributed by atoms with E-state index in [4.69, 9.17) is 11.6 Å². The molecule has 0 atom stereocenters. The number of carbonyl (C=O) groups excluding carboxylic acids is 1. The number of alkyl halides is 1. The van der Waals surface area contributed by atoms with E-state index in [0.717, 1.165) is 31.4 Å². The van der Waals surface area contributed by atoms with Crippen LogP contribution in [0.15, 0.2) is 18.2 Å². The second-order valence-electron chi connectivity index (χ2n) is 4.37.